The number of nitrogens with two attached hydrogens (primary N) is 1. The number of likely N-dealkylation sites (tertiary alicyclic amines) is 1. The topological polar surface area (TPSA) is 66.6 Å². The van der Waals surface area contributed by atoms with Crippen molar-refractivity contribution in [3.8, 4) is 0 Å². The maximum Gasteiger partial charge on any atom is 0.254 e. The molecule has 0 bridgehead atoms. The molecule has 1 fully saturated rings. The third-order valence-electron chi connectivity index (χ3n) is 6.12. The Morgan fingerprint density at radius 3 is 2.66 bits per heavy atom. The Labute approximate surface area is 176 Å². The molecule has 2 aromatic carbocycles. The number of hydrogen-bond donors (Lipinski definition) is 1. The van der Waals surface area contributed by atoms with Crippen LogP contribution >= 0.6 is 11.6 Å². The Balaban J connectivity index is 1.72. The number of amides is 2. The summed E-state index contributed by atoms with van der Waals surface area (Å²) in [6.07, 6.45) is 2.84. The van der Waals surface area contributed by atoms with Gasteiger partial charge in [-0.25, -0.2) is 0 Å². The normalized spacial score (nSPS) is 21.2. The van der Waals surface area contributed by atoms with Crippen molar-refractivity contribution < 1.29 is 9.59 Å². The summed E-state index contributed by atoms with van der Waals surface area (Å²) in [6, 6.07) is 15.4. The molecule has 2 N–H and O–H groups in total. The molecule has 29 heavy (non-hydrogen) atoms. The van der Waals surface area contributed by atoms with Gasteiger partial charge in [-0.15, -0.1) is 0 Å². The van der Waals surface area contributed by atoms with Crippen LogP contribution in [0.2, 0.25) is 5.02 Å². The molecule has 1 saturated heterocycles. The lowest BCUT2D eigenvalue weighted by molar-refractivity contribution is -0.135. The van der Waals surface area contributed by atoms with Crippen LogP contribution in [0.25, 0.3) is 0 Å². The summed E-state index contributed by atoms with van der Waals surface area (Å²) in [7, 11) is 0. The van der Waals surface area contributed by atoms with Gasteiger partial charge in [-0.1, -0.05) is 41.9 Å². The van der Waals surface area contributed by atoms with Gasteiger partial charge >= 0.3 is 0 Å². The first-order chi connectivity index (χ1) is 14.0. The summed E-state index contributed by atoms with van der Waals surface area (Å²) < 4.78 is 0. The minimum atomic E-state index is -0.406. The summed E-state index contributed by atoms with van der Waals surface area (Å²) in [6.45, 7) is 2.16. The second kappa shape index (κ2) is 8.17. The quantitative estimate of drug-likeness (QED) is 0.843. The van der Waals surface area contributed by atoms with E-state index in [2.05, 4.69) is 12.1 Å². The van der Waals surface area contributed by atoms with Crippen molar-refractivity contribution in [3.05, 3.63) is 70.2 Å². The predicted octanol–water partition coefficient (Wildman–Crippen LogP) is 3.25. The minimum Gasteiger partial charge on any atom is -0.340 e. The summed E-state index contributed by atoms with van der Waals surface area (Å²) >= 11 is 6.15. The number of fused-ring (bicyclic) bond motifs is 1. The zero-order valence-corrected chi connectivity index (χ0v) is 17.2. The van der Waals surface area contributed by atoms with Crippen molar-refractivity contribution in [1.82, 2.24) is 9.80 Å². The highest BCUT2D eigenvalue weighted by atomic mass is 35.5. The number of hydrogen-bond acceptors (Lipinski definition) is 3. The SMILES string of the molecule is NCCC(=O)N1CCCC2(Cc3ccccc3CN2C(=O)c2cccc(Cl)c2)C1. The highest BCUT2D eigenvalue weighted by molar-refractivity contribution is 6.30. The zero-order chi connectivity index (χ0) is 20.4. The fraction of sp³-hybridized carbons (Fsp3) is 0.391. The number of nitrogens with zero attached hydrogens (tertiary/aromatic N) is 2. The molecule has 152 valence electrons. The molecule has 2 heterocycles. The fourth-order valence-electron chi connectivity index (χ4n) is 4.71. The molecule has 4 rings (SSSR count). The highest BCUT2D eigenvalue weighted by Gasteiger charge is 2.46. The van der Waals surface area contributed by atoms with Gasteiger partial charge < -0.3 is 15.5 Å². The summed E-state index contributed by atoms with van der Waals surface area (Å²) in [5.41, 5.74) is 8.21. The Morgan fingerprint density at radius 2 is 1.90 bits per heavy atom. The van der Waals surface area contributed by atoms with Gasteiger partial charge in [0.25, 0.3) is 5.91 Å². The van der Waals surface area contributed by atoms with E-state index in [1.165, 1.54) is 11.1 Å². The second-order valence-electron chi connectivity index (χ2n) is 8.03. The number of carbonyl (C=O) groups excluding carboxylic acids is 2. The molecular weight excluding hydrogens is 386 g/mol. The van der Waals surface area contributed by atoms with E-state index in [1.807, 2.05) is 28.0 Å². The Morgan fingerprint density at radius 1 is 1.10 bits per heavy atom. The number of rotatable bonds is 3. The Bertz CT molecular complexity index is 932. The van der Waals surface area contributed by atoms with Crippen LogP contribution in [0.5, 0.6) is 0 Å². The molecule has 0 radical (unpaired) electrons. The van der Waals surface area contributed by atoms with E-state index in [1.54, 1.807) is 18.2 Å². The molecule has 0 aromatic heterocycles. The molecule has 1 spiro atoms. The first kappa shape index (κ1) is 19.9. The monoisotopic (exact) mass is 411 g/mol. The zero-order valence-electron chi connectivity index (χ0n) is 16.4. The maximum atomic E-state index is 13.6. The van der Waals surface area contributed by atoms with Crippen molar-refractivity contribution in [1.29, 1.82) is 0 Å². The molecule has 2 aromatic rings. The largest absolute Gasteiger partial charge is 0.340 e. The molecule has 2 aliphatic rings. The first-order valence-electron chi connectivity index (χ1n) is 10.1. The molecule has 6 heteroatoms. The lowest BCUT2D eigenvalue weighted by atomic mass is 9.76. The van der Waals surface area contributed by atoms with Crippen LogP contribution in [0.1, 0.15) is 40.7 Å². The van der Waals surface area contributed by atoms with Gasteiger partial charge in [0.15, 0.2) is 0 Å². The standard InChI is InChI=1S/C23H26ClN3O2/c24-20-8-3-7-17(13-20)22(29)27-15-19-6-2-1-5-18(19)14-23(27)10-4-12-26(16-23)21(28)9-11-25/h1-3,5-8,13H,4,9-12,14-16,25H2. The smallest absolute Gasteiger partial charge is 0.254 e. The van der Waals surface area contributed by atoms with Gasteiger partial charge in [0.1, 0.15) is 0 Å². The van der Waals surface area contributed by atoms with Gasteiger partial charge in [0, 0.05) is 43.2 Å². The lowest BCUT2D eigenvalue weighted by Gasteiger charge is -2.52. The van der Waals surface area contributed by atoms with Crippen LogP contribution < -0.4 is 5.73 Å². The van der Waals surface area contributed by atoms with E-state index in [-0.39, 0.29) is 11.8 Å². The van der Waals surface area contributed by atoms with Crippen LogP contribution in [-0.4, -0.2) is 46.8 Å². The van der Waals surface area contributed by atoms with Gasteiger partial charge in [-0.05, 0) is 48.6 Å². The Hall–Kier alpha value is -2.37. The second-order valence-corrected chi connectivity index (χ2v) is 8.47. The molecule has 2 amide bonds. The van der Waals surface area contributed by atoms with Crippen molar-refractivity contribution in [3.63, 3.8) is 0 Å². The van der Waals surface area contributed by atoms with E-state index >= 15 is 0 Å². The number of carbonyl (C=O) groups is 2. The van der Waals surface area contributed by atoms with Crippen molar-refractivity contribution in [2.45, 2.75) is 37.8 Å². The maximum absolute atomic E-state index is 13.6. The first-order valence-corrected chi connectivity index (χ1v) is 10.5. The van der Waals surface area contributed by atoms with Gasteiger partial charge in [0.05, 0.1) is 5.54 Å². The van der Waals surface area contributed by atoms with Crippen molar-refractivity contribution in [2.24, 2.45) is 5.73 Å². The molecule has 0 saturated carbocycles. The third-order valence-corrected chi connectivity index (χ3v) is 6.36. The summed E-state index contributed by atoms with van der Waals surface area (Å²) in [5, 5.41) is 0.547. The lowest BCUT2D eigenvalue weighted by Crippen LogP contribution is -2.63. The molecule has 1 unspecified atom stereocenters. The highest BCUT2D eigenvalue weighted by Crippen LogP contribution is 2.38. The van der Waals surface area contributed by atoms with Gasteiger partial charge in [0.2, 0.25) is 5.91 Å². The van der Waals surface area contributed by atoms with Crippen LogP contribution in [0.3, 0.4) is 0 Å². The van der Waals surface area contributed by atoms with E-state index in [4.69, 9.17) is 17.3 Å². The van der Waals surface area contributed by atoms with Crippen LogP contribution in [0.4, 0.5) is 0 Å². The minimum absolute atomic E-state index is 0.0323. The number of benzene rings is 2. The predicted molar refractivity (Wildman–Crippen MR) is 114 cm³/mol. The number of halogens is 1. The summed E-state index contributed by atoms with van der Waals surface area (Å²) in [4.78, 5) is 30.0. The average Bonchev–Trinajstić information content (AvgIpc) is 2.73. The van der Waals surface area contributed by atoms with Crippen molar-refractivity contribution in [2.75, 3.05) is 19.6 Å². The Kier molecular flexibility index (Phi) is 5.61. The van der Waals surface area contributed by atoms with Crippen LogP contribution in [0.15, 0.2) is 48.5 Å². The summed E-state index contributed by atoms with van der Waals surface area (Å²) in [5.74, 6) is 0.0377. The van der Waals surface area contributed by atoms with Gasteiger partial charge in [-0.2, -0.15) is 0 Å². The van der Waals surface area contributed by atoms with Crippen molar-refractivity contribution >= 4 is 23.4 Å². The molecule has 2 aliphatic heterocycles. The molecular formula is C23H26ClN3O2. The fourth-order valence-corrected chi connectivity index (χ4v) is 4.90. The third kappa shape index (κ3) is 3.89. The van der Waals surface area contributed by atoms with E-state index in [9.17, 15) is 9.59 Å². The number of piperidine rings is 1. The van der Waals surface area contributed by atoms with E-state index < -0.39 is 5.54 Å². The van der Waals surface area contributed by atoms with Crippen LogP contribution in [-0.2, 0) is 17.8 Å². The molecule has 5 nitrogen and oxygen atoms in total. The molecule has 0 aliphatic carbocycles. The van der Waals surface area contributed by atoms with Crippen LogP contribution in [0, 0.1) is 0 Å². The average molecular weight is 412 g/mol. The van der Waals surface area contributed by atoms with Gasteiger partial charge in [-0.3, -0.25) is 9.59 Å². The molecule has 1 atom stereocenters. The van der Waals surface area contributed by atoms with E-state index in [0.29, 0.717) is 36.6 Å². The van der Waals surface area contributed by atoms with E-state index in [0.717, 1.165) is 25.8 Å².